The summed E-state index contributed by atoms with van der Waals surface area (Å²) in [5, 5.41) is 0. The lowest BCUT2D eigenvalue weighted by Gasteiger charge is -2.11. The first kappa shape index (κ1) is 12.4. The van der Waals surface area contributed by atoms with Crippen molar-refractivity contribution in [1.82, 2.24) is 0 Å². The summed E-state index contributed by atoms with van der Waals surface area (Å²) in [5.74, 6) is -0.635. The van der Waals surface area contributed by atoms with Crippen molar-refractivity contribution in [2.45, 2.75) is 25.7 Å². The first-order chi connectivity index (χ1) is 7.60. The van der Waals surface area contributed by atoms with E-state index in [0.29, 0.717) is 0 Å². The highest BCUT2D eigenvalue weighted by Crippen LogP contribution is 2.20. The topological polar surface area (TPSA) is 43.4 Å². The normalized spacial score (nSPS) is 13.9. The van der Waals surface area contributed by atoms with Gasteiger partial charge < -0.3 is 9.53 Å². The molecule has 1 aromatic carbocycles. The molecule has 0 spiro atoms. The van der Waals surface area contributed by atoms with Gasteiger partial charge in [-0.25, -0.2) is 0 Å². The van der Waals surface area contributed by atoms with Crippen molar-refractivity contribution < 1.29 is 14.3 Å². The first-order valence-electron chi connectivity index (χ1n) is 5.23. The molecule has 0 fully saturated rings. The third kappa shape index (κ3) is 2.69. The van der Waals surface area contributed by atoms with Crippen LogP contribution < -0.4 is 0 Å². The molecule has 0 aliphatic carbocycles. The predicted molar refractivity (Wildman–Crippen MR) is 61.4 cm³/mol. The smallest absolute Gasteiger partial charge is 0.312 e. The van der Waals surface area contributed by atoms with Gasteiger partial charge in [-0.1, -0.05) is 31.2 Å². The minimum Gasteiger partial charge on any atom is -0.469 e. The Morgan fingerprint density at radius 2 is 1.69 bits per heavy atom. The summed E-state index contributed by atoms with van der Waals surface area (Å²) < 4.78 is 4.67. The Morgan fingerprint density at radius 3 is 2.12 bits per heavy atom. The fourth-order valence-corrected chi connectivity index (χ4v) is 1.48. The Labute approximate surface area is 95.4 Å². The lowest BCUT2D eigenvalue weighted by molar-refractivity contribution is -0.142. The molecule has 0 saturated heterocycles. The van der Waals surface area contributed by atoms with Crippen LogP contribution in [0.5, 0.6) is 0 Å². The molecule has 0 radical (unpaired) electrons. The molecule has 86 valence electrons. The number of carbonyl (C=O) groups is 2. The summed E-state index contributed by atoms with van der Waals surface area (Å²) in [5.41, 5.74) is 1.85. The Hall–Kier alpha value is -1.64. The summed E-state index contributed by atoms with van der Waals surface area (Å²) in [7, 11) is 1.38. The van der Waals surface area contributed by atoms with Crippen molar-refractivity contribution >= 4 is 12.3 Å². The molecule has 16 heavy (non-hydrogen) atoms. The molecule has 3 nitrogen and oxygen atoms in total. The van der Waals surface area contributed by atoms with Gasteiger partial charge in [0.05, 0.1) is 13.0 Å². The van der Waals surface area contributed by atoms with Crippen LogP contribution in [0.15, 0.2) is 24.3 Å². The second kappa shape index (κ2) is 5.45. The van der Waals surface area contributed by atoms with E-state index in [-0.39, 0.29) is 17.8 Å². The SMILES string of the molecule is COC(=O)C(C)c1ccc(C(C)C=O)cc1. The standard InChI is InChI=1S/C13H16O3/c1-9(8-14)11-4-6-12(7-5-11)10(2)13(15)16-3/h4-10H,1-3H3. The van der Waals surface area contributed by atoms with Crippen molar-refractivity contribution in [1.29, 1.82) is 0 Å². The van der Waals surface area contributed by atoms with E-state index in [2.05, 4.69) is 4.74 Å². The molecule has 1 rings (SSSR count). The van der Waals surface area contributed by atoms with Gasteiger partial charge in [0.15, 0.2) is 0 Å². The average molecular weight is 220 g/mol. The van der Waals surface area contributed by atoms with E-state index in [0.717, 1.165) is 17.4 Å². The number of esters is 1. The molecule has 0 saturated carbocycles. The van der Waals surface area contributed by atoms with Crippen LogP contribution in [0.3, 0.4) is 0 Å². The van der Waals surface area contributed by atoms with Gasteiger partial charge in [-0.05, 0) is 18.1 Å². The molecule has 1 aromatic rings. The van der Waals surface area contributed by atoms with Crippen LogP contribution in [0.2, 0.25) is 0 Å². The lowest BCUT2D eigenvalue weighted by atomic mass is 9.96. The summed E-state index contributed by atoms with van der Waals surface area (Å²) in [6.45, 7) is 3.63. The number of methoxy groups -OCH3 is 1. The maximum Gasteiger partial charge on any atom is 0.312 e. The molecule has 0 amide bonds. The molecule has 0 heterocycles. The first-order valence-corrected chi connectivity index (χ1v) is 5.23. The van der Waals surface area contributed by atoms with Crippen LogP contribution in [0, 0.1) is 0 Å². The quantitative estimate of drug-likeness (QED) is 0.577. The second-order valence-corrected chi connectivity index (χ2v) is 3.84. The van der Waals surface area contributed by atoms with Gasteiger partial charge in [-0.15, -0.1) is 0 Å². The number of aldehydes is 1. The molecule has 3 heteroatoms. The van der Waals surface area contributed by atoms with Crippen molar-refractivity contribution in [3.8, 4) is 0 Å². The third-order valence-corrected chi connectivity index (χ3v) is 2.72. The summed E-state index contributed by atoms with van der Waals surface area (Å²) in [6, 6.07) is 7.45. The highest BCUT2D eigenvalue weighted by molar-refractivity contribution is 5.77. The van der Waals surface area contributed by atoms with E-state index in [1.807, 2.05) is 31.2 Å². The molecule has 2 atom stereocenters. The van der Waals surface area contributed by atoms with Crippen LogP contribution in [-0.2, 0) is 14.3 Å². The number of hydrogen-bond donors (Lipinski definition) is 0. The van der Waals surface area contributed by atoms with Crippen LogP contribution in [-0.4, -0.2) is 19.4 Å². The van der Waals surface area contributed by atoms with E-state index in [1.165, 1.54) is 7.11 Å². The average Bonchev–Trinajstić information content (AvgIpc) is 2.36. The lowest BCUT2D eigenvalue weighted by Crippen LogP contribution is -2.10. The van der Waals surface area contributed by atoms with Gasteiger partial charge in [0.25, 0.3) is 0 Å². The molecule has 0 aliphatic heterocycles. The van der Waals surface area contributed by atoms with Gasteiger partial charge in [0, 0.05) is 5.92 Å². The maximum absolute atomic E-state index is 11.3. The van der Waals surface area contributed by atoms with Crippen LogP contribution in [0.25, 0.3) is 0 Å². The molecule has 0 aliphatic rings. The van der Waals surface area contributed by atoms with Crippen LogP contribution in [0.4, 0.5) is 0 Å². The summed E-state index contributed by atoms with van der Waals surface area (Å²) in [6.07, 6.45) is 0.902. The minimum atomic E-state index is -0.273. The van der Waals surface area contributed by atoms with E-state index in [4.69, 9.17) is 0 Å². The Balaban J connectivity index is 2.86. The highest BCUT2D eigenvalue weighted by Gasteiger charge is 2.15. The van der Waals surface area contributed by atoms with Gasteiger partial charge in [-0.3, -0.25) is 4.79 Å². The van der Waals surface area contributed by atoms with Gasteiger partial charge >= 0.3 is 5.97 Å². The Kier molecular flexibility index (Phi) is 4.23. The van der Waals surface area contributed by atoms with E-state index in [1.54, 1.807) is 6.92 Å². The van der Waals surface area contributed by atoms with E-state index < -0.39 is 0 Å². The van der Waals surface area contributed by atoms with Crippen molar-refractivity contribution in [3.63, 3.8) is 0 Å². The molecular formula is C13H16O3. The second-order valence-electron chi connectivity index (χ2n) is 3.84. The molecule has 0 bridgehead atoms. The number of benzene rings is 1. The van der Waals surface area contributed by atoms with Crippen LogP contribution >= 0.6 is 0 Å². The number of carbonyl (C=O) groups excluding carboxylic acids is 2. The third-order valence-electron chi connectivity index (χ3n) is 2.72. The van der Waals surface area contributed by atoms with Gasteiger partial charge in [0.1, 0.15) is 6.29 Å². The zero-order chi connectivity index (χ0) is 12.1. The number of ether oxygens (including phenoxy) is 1. The largest absolute Gasteiger partial charge is 0.469 e. The zero-order valence-electron chi connectivity index (χ0n) is 9.77. The maximum atomic E-state index is 11.3. The molecule has 2 unspecified atom stereocenters. The van der Waals surface area contributed by atoms with Crippen molar-refractivity contribution in [2.24, 2.45) is 0 Å². The fourth-order valence-electron chi connectivity index (χ4n) is 1.48. The van der Waals surface area contributed by atoms with Crippen molar-refractivity contribution in [2.75, 3.05) is 7.11 Å². The van der Waals surface area contributed by atoms with E-state index >= 15 is 0 Å². The Bertz CT molecular complexity index is 367. The van der Waals surface area contributed by atoms with E-state index in [9.17, 15) is 9.59 Å². The van der Waals surface area contributed by atoms with Gasteiger partial charge in [-0.2, -0.15) is 0 Å². The summed E-state index contributed by atoms with van der Waals surface area (Å²) >= 11 is 0. The zero-order valence-corrected chi connectivity index (χ0v) is 9.77. The fraction of sp³-hybridized carbons (Fsp3) is 0.385. The molecular weight excluding hydrogens is 204 g/mol. The minimum absolute atomic E-state index is 0.109. The number of hydrogen-bond acceptors (Lipinski definition) is 3. The monoisotopic (exact) mass is 220 g/mol. The molecule has 0 N–H and O–H groups in total. The highest BCUT2D eigenvalue weighted by atomic mass is 16.5. The predicted octanol–water partition coefficient (Wildman–Crippen LogP) is 2.27. The molecule has 0 aromatic heterocycles. The summed E-state index contributed by atoms with van der Waals surface area (Å²) in [4.78, 5) is 21.9. The van der Waals surface area contributed by atoms with Crippen LogP contribution in [0.1, 0.15) is 36.8 Å². The van der Waals surface area contributed by atoms with Gasteiger partial charge in [0.2, 0.25) is 0 Å². The Morgan fingerprint density at radius 1 is 1.19 bits per heavy atom. The number of rotatable bonds is 4. The van der Waals surface area contributed by atoms with Crippen molar-refractivity contribution in [3.05, 3.63) is 35.4 Å².